The van der Waals surface area contributed by atoms with Crippen molar-refractivity contribution in [3.05, 3.63) is 17.5 Å². The highest BCUT2D eigenvalue weighted by Crippen LogP contribution is 2.25. The Kier molecular flexibility index (Phi) is 4.84. The molecule has 0 saturated carbocycles. The van der Waals surface area contributed by atoms with Crippen molar-refractivity contribution in [1.82, 2.24) is 9.97 Å². The first-order valence-corrected chi connectivity index (χ1v) is 5.78. The highest BCUT2D eigenvalue weighted by Gasteiger charge is 2.05. The second-order valence-corrected chi connectivity index (χ2v) is 4.47. The summed E-state index contributed by atoms with van der Waals surface area (Å²) in [5.41, 5.74) is 0. The van der Waals surface area contributed by atoms with Gasteiger partial charge in [0.25, 0.3) is 0 Å². The van der Waals surface area contributed by atoms with Crippen molar-refractivity contribution in [3.63, 3.8) is 0 Å². The second kappa shape index (κ2) is 5.68. The van der Waals surface area contributed by atoms with Crippen molar-refractivity contribution < 1.29 is 0 Å². The van der Waals surface area contributed by atoms with Gasteiger partial charge in [-0.2, -0.15) is 0 Å². The summed E-state index contributed by atoms with van der Waals surface area (Å²) in [6.07, 6.45) is 3.10. The highest BCUT2D eigenvalue weighted by atomic mass is 35.5. The van der Waals surface area contributed by atoms with Crippen LogP contribution in [-0.4, -0.2) is 21.6 Å². The molecule has 0 spiro atoms. The maximum Gasteiger partial charge on any atom is 0.118 e. The van der Waals surface area contributed by atoms with Crippen molar-refractivity contribution >= 4 is 35.0 Å². The standard InChI is InChI=1S/C8H10Cl2N2S/c1-6(2-9)4-13-8-7(10)3-11-5-12-8/h3,5-6H,2,4H2,1H3. The topological polar surface area (TPSA) is 25.8 Å². The van der Waals surface area contributed by atoms with Crippen LogP contribution in [0.25, 0.3) is 0 Å². The van der Waals surface area contributed by atoms with Crippen molar-refractivity contribution in [2.45, 2.75) is 11.9 Å². The zero-order valence-corrected chi connectivity index (χ0v) is 9.53. The monoisotopic (exact) mass is 236 g/mol. The zero-order chi connectivity index (χ0) is 9.68. The van der Waals surface area contributed by atoms with Crippen LogP contribution >= 0.6 is 35.0 Å². The predicted octanol–water partition coefficient (Wildman–Crippen LogP) is 3.10. The van der Waals surface area contributed by atoms with Gasteiger partial charge in [0.15, 0.2) is 0 Å². The fourth-order valence-electron chi connectivity index (χ4n) is 0.673. The Morgan fingerprint density at radius 2 is 2.38 bits per heavy atom. The molecule has 0 saturated heterocycles. The van der Waals surface area contributed by atoms with Crippen LogP contribution in [0.1, 0.15) is 6.92 Å². The largest absolute Gasteiger partial charge is 0.243 e. The minimum absolute atomic E-state index is 0.470. The number of hydrogen-bond donors (Lipinski definition) is 0. The Bertz CT molecular complexity index is 270. The van der Waals surface area contributed by atoms with Gasteiger partial charge in [-0.05, 0) is 5.92 Å². The quantitative estimate of drug-likeness (QED) is 0.457. The average molecular weight is 237 g/mol. The molecule has 0 radical (unpaired) electrons. The molecule has 5 heteroatoms. The third kappa shape index (κ3) is 3.71. The number of aromatic nitrogens is 2. The molecule has 0 bridgehead atoms. The molecule has 0 aromatic carbocycles. The van der Waals surface area contributed by atoms with E-state index in [0.717, 1.165) is 10.8 Å². The summed E-state index contributed by atoms with van der Waals surface area (Å²) in [6, 6.07) is 0. The predicted molar refractivity (Wildman–Crippen MR) is 57.7 cm³/mol. The molecule has 0 aliphatic rings. The van der Waals surface area contributed by atoms with E-state index in [1.54, 1.807) is 18.0 Å². The summed E-state index contributed by atoms with van der Waals surface area (Å²) in [4.78, 5) is 7.87. The number of halogens is 2. The molecule has 72 valence electrons. The van der Waals surface area contributed by atoms with E-state index < -0.39 is 0 Å². The van der Waals surface area contributed by atoms with Gasteiger partial charge in [-0.3, -0.25) is 0 Å². The van der Waals surface area contributed by atoms with Crippen molar-refractivity contribution in [1.29, 1.82) is 0 Å². The SMILES string of the molecule is CC(CCl)CSc1ncncc1Cl. The molecular weight excluding hydrogens is 227 g/mol. The Labute approximate surface area is 92.1 Å². The van der Waals surface area contributed by atoms with Crippen LogP contribution in [0.4, 0.5) is 0 Å². The lowest BCUT2D eigenvalue weighted by Gasteiger charge is -2.06. The first-order chi connectivity index (χ1) is 6.24. The average Bonchev–Trinajstić information content (AvgIpc) is 2.16. The normalized spacial score (nSPS) is 12.8. The molecule has 1 aromatic heterocycles. The van der Waals surface area contributed by atoms with Crippen LogP contribution in [0.15, 0.2) is 17.6 Å². The van der Waals surface area contributed by atoms with Crippen LogP contribution in [-0.2, 0) is 0 Å². The van der Waals surface area contributed by atoms with E-state index in [0.29, 0.717) is 16.8 Å². The fraction of sp³-hybridized carbons (Fsp3) is 0.500. The highest BCUT2D eigenvalue weighted by molar-refractivity contribution is 7.99. The second-order valence-electron chi connectivity index (χ2n) is 2.75. The van der Waals surface area contributed by atoms with Crippen molar-refractivity contribution in [2.75, 3.05) is 11.6 Å². The van der Waals surface area contributed by atoms with Crippen molar-refractivity contribution in [3.8, 4) is 0 Å². The van der Waals surface area contributed by atoms with Gasteiger partial charge in [0.1, 0.15) is 11.4 Å². The molecule has 1 heterocycles. The smallest absolute Gasteiger partial charge is 0.118 e. The van der Waals surface area contributed by atoms with E-state index in [2.05, 4.69) is 16.9 Å². The van der Waals surface area contributed by atoms with E-state index in [4.69, 9.17) is 23.2 Å². The van der Waals surface area contributed by atoms with Gasteiger partial charge in [-0.15, -0.1) is 23.4 Å². The summed E-state index contributed by atoms with van der Waals surface area (Å²) < 4.78 is 0. The maximum atomic E-state index is 5.87. The lowest BCUT2D eigenvalue weighted by molar-refractivity contribution is 0.758. The Hall–Kier alpha value is 0.01000. The van der Waals surface area contributed by atoms with Gasteiger partial charge in [0.2, 0.25) is 0 Å². The van der Waals surface area contributed by atoms with Gasteiger partial charge >= 0.3 is 0 Å². The molecular formula is C8H10Cl2N2S. The van der Waals surface area contributed by atoms with Crippen LogP contribution in [0.3, 0.4) is 0 Å². The number of hydrogen-bond acceptors (Lipinski definition) is 3. The molecule has 1 unspecified atom stereocenters. The van der Waals surface area contributed by atoms with Crippen LogP contribution in [0, 0.1) is 5.92 Å². The van der Waals surface area contributed by atoms with Gasteiger partial charge in [-0.25, -0.2) is 9.97 Å². The van der Waals surface area contributed by atoms with Crippen LogP contribution in [0.5, 0.6) is 0 Å². The van der Waals surface area contributed by atoms with E-state index in [9.17, 15) is 0 Å². The molecule has 0 aliphatic heterocycles. The summed E-state index contributed by atoms with van der Waals surface area (Å²) in [6.45, 7) is 2.09. The molecule has 1 atom stereocenters. The zero-order valence-electron chi connectivity index (χ0n) is 7.20. The Morgan fingerprint density at radius 1 is 1.62 bits per heavy atom. The van der Waals surface area contributed by atoms with Crippen molar-refractivity contribution in [2.24, 2.45) is 5.92 Å². The summed E-state index contributed by atoms with van der Waals surface area (Å²) in [5.74, 6) is 2.06. The molecule has 0 N–H and O–H groups in total. The van der Waals surface area contributed by atoms with Gasteiger partial charge in [-0.1, -0.05) is 18.5 Å². The molecule has 13 heavy (non-hydrogen) atoms. The summed E-state index contributed by atoms with van der Waals surface area (Å²) >= 11 is 13.2. The Balaban J connectivity index is 2.50. The molecule has 1 aromatic rings. The lowest BCUT2D eigenvalue weighted by atomic mass is 10.3. The van der Waals surface area contributed by atoms with Crippen LogP contribution < -0.4 is 0 Å². The number of thioether (sulfide) groups is 1. The maximum absolute atomic E-state index is 5.87. The summed E-state index contributed by atoms with van der Waals surface area (Å²) in [7, 11) is 0. The molecule has 1 rings (SSSR count). The van der Waals surface area contributed by atoms with Gasteiger partial charge in [0.05, 0.1) is 11.2 Å². The third-order valence-corrected chi connectivity index (χ3v) is 3.65. The van der Waals surface area contributed by atoms with E-state index in [-0.39, 0.29) is 0 Å². The Morgan fingerprint density at radius 3 is 3.00 bits per heavy atom. The minimum atomic E-state index is 0.470. The number of rotatable bonds is 4. The van der Waals surface area contributed by atoms with E-state index in [1.165, 1.54) is 6.33 Å². The molecule has 0 fully saturated rings. The lowest BCUT2D eigenvalue weighted by Crippen LogP contribution is -1.99. The minimum Gasteiger partial charge on any atom is -0.243 e. The van der Waals surface area contributed by atoms with E-state index in [1.807, 2.05) is 0 Å². The number of nitrogens with zero attached hydrogens (tertiary/aromatic N) is 2. The first kappa shape index (κ1) is 11.1. The fourth-order valence-corrected chi connectivity index (χ4v) is 2.05. The number of alkyl halides is 1. The molecule has 0 aliphatic carbocycles. The molecule has 0 amide bonds. The van der Waals surface area contributed by atoms with E-state index >= 15 is 0 Å². The summed E-state index contributed by atoms with van der Waals surface area (Å²) in [5, 5.41) is 1.43. The van der Waals surface area contributed by atoms with Gasteiger partial charge in [0, 0.05) is 11.6 Å². The molecule has 2 nitrogen and oxygen atoms in total. The van der Waals surface area contributed by atoms with Crippen LogP contribution in [0.2, 0.25) is 5.02 Å². The third-order valence-electron chi connectivity index (χ3n) is 1.40. The first-order valence-electron chi connectivity index (χ1n) is 3.88. The van der Waals surface area contributed by atoms with Gasteiger partial charge < -0.3 is 0 Å².